The van der Waals surface area contributed by atoms with Crippen molar-refractivity contribution in [1.29, 1.82) is 0 Å². The van der Waals surface area contributed by atoms with Gasteiger partial charge in [0.2, 0.25) is 0 Å². The first-order chi connectivity index (χ1) is 7.76. The molecule has 88 valence electrons. The molecule has 0 saturated carbocycles. The third-order valence-corrected chi connectivity index (χ3v) is 2.08. The molecule has 0 aromatic carbocycles. The van der Waals surface area contributed by atoms with E-state index < -0.39 is 0 Å². The number of aromatic nitrogens is 1. The van der Waals surface area contributed by atoms with E-state index in [1.165, 1.54) is 6.20 Å². The number of carbonyl (C=O) groups excluding carboxylic acids is 1. The van der Waals surface area contributed by atoms with E-state index in [0.717, 1.165) is 0 Å². The zero-order valence-corrected chi connectivity index (χ0v) is 9.22. The first-order valence-corrected chi connectivity index (χ1v) is 5.19. The van der Waals surface area contributed by atoms with Crippen molar-refractivity contribution in [3.8, 4) is 5.75 Å². The average Bonchev–Trinajstić information content (AvgIpc) is 2.34. The molecule has 0 radical (unpaired) electrons. The van der Waals surface area contributed by atoms with Crippen molar-refractivity contribution >= 4 is 5.91 Å². The van der Waals surface area contributed by atoms with Crippen molar-refractivity contribution in [2.24, 2.45) is 0 Å². The summed E-state index contributed by atoms with van der Waals surface area (Å²) in [5.74, 6) is 0.305. The molecule has 1 atom stereocenters. The van der Waals surface area contributed by atoms with Crippen molar-refractivity contribution in [2.45, 2.75) is 19.4 Å². The Morgan fingerprint density at radius 1 is 1.69 bits per heavy atom. The highest BCUT2D eigenvalue weighted by Crippen LogP contribution is 2.05. The standard InChI is InChI=1S/C11H16N2O3/c1-2-9(7-14)13-11(15)8-16-10-4-3-5-12-6-10/h3-6,9,14H,2,7-8H2,1H3,(H,13,15). The van der Waals surface area contributed by atoms with E-state index in [0.29, 0.717) is 12.2 Å². The quantitative estimate of drug-likeness (QED) is 0.731. The largest absolute Gasteiger partial charge is 0.482 e. The summed E-state index contributed by atoms with van der Waals surface area (Å²) in [5, 5.41) is 11.5. The molecular weight excluding hydrogens is 208 g/mol. The highest BCUT2D eigenvalue weighted by Gasteiger charge is 2.09. The number of aliphatic hydroxyl groups excluding tert-OH is 1. The Balaban J connectivity index is 2.30. The number of pyridine rings is 1. The third-order valence-electron chi connectivity index (χ3n) is 2.08. The SMILES string of the molecule is CCC(CO)NC(=O)COc1cccnc1. The lowest BCUT2D eigenvalue weighted by Gasteiger charge is -2.14. The third kappa shape index (κ3) is 4.27. The van der Waals surface area contributed by atoms with E-state index in [9.17, 15) is 4.79 Å². The smallest absolute Gasteiger partial charge is 0.258 e. The molecule has 1 unspecified atom stereocenters. The van der Waals surface area contributed by atoms with Gasteiger partial charge in [-0.05, 0) is 18.6 Å². The number of nitrogens with one attached hydrogen (secondary N) is 1. The number of ether oxygens (including phenoxy) is 1. The Labute approximate surface area is 94.5 Å². The topological polar surface area (TPSA) is 71.5 Å². The maximum absolute atomic E-state index is 11.4. The lowest BCUT2D eigenvalue weighted by Crippen LogP contribution is -2.39. The van der Waals surface area contributed by atoms with Gasteiger partial charge < -0.3 is 15.2 Å². The van der Waals surface area contributed by atoms with Crippen LogP contribution in [0.1, 0.15) is 13.3 Å². The first kappa shape index (κ1) is 12.4. The Bertz CT molecular complexity index is 312. The van der Waals surface area contributed by atoms with E-state index in [-0.39, 0.29) is 25.2 Å². The van der Waals surface area contributed by atoms with Crippen molar-refractivity contribution < 1.29 is 14.6 Å². The number of amides is 1. The zero-order chi connectivity index (χ0) is 11.8. The second kappa shape index (κ2) is 6.79. The molecule has 5 heteroatoms. The van der Waals surface area contributed by atoms with Crippen molar-refractivity contribution in [3.05, 3.63) is 24.5 Å². The van der Waals surface area contributed by atoms with Crippen LogP contribution in [0, 0.1) is 0 Å². The Morgan fingerprint density at radius 3 is 3.06 bits per heavy atom. The summed E-state index contributed by atoms with van der Waals surface area (Å²) >= 11 is 0. The van der Waals surface area contributed by atoms with Crippen LogP contribution in [0.4, 0.5) is 0 Å². The number of rotatable bonds is 6. The fourth-order valence-corrected chi connectivity index (χ4v) is 1.13. The molecule has 1 aromatic heterocycles. The summed E-state index contributed by atoms with van der Waals surface area (Å²) in [4.78, 5) is 15.2. The maximum atomic E-state index is 11.4. The molecule has 16 heavy (non-hydrogen) atoms. The van der Waals surface area contributed by atoms with Gasteiger partial charge in [-0.25, -0.2) is 0 Å². The molecular formula is C11H16N2O3. The van der Waals surface area contributed by atoms with Crippen LogP contribution >= 0.6 is 0 Å². The molecule has 0 aliphatic rings. The summed E-state index contributed by atoms with van der Waals surface area (Å²) in [7, 11) is 0. The summed E-state index contributed by atoms with van der Waals surface area (Å²) in [6.07, 6.45) is 3.86. The summed E-state index contributed by atoms with van der Waals surface area (Å²) < 4.78 is 5.20. The summed E-state index contributed by atoms with van der Waals surface area (Å²) in [5.41, 5.74) is 0. The minimum absolute atomic E-state index is 0.0604. The number of hydrogen-bond acceptors (Lipinski definition) is 4. The van der Waals surface area contributed by atoms with Gasteiger partial charge in [0.25, 0.3) is 5.91 Å². The van der Waals surface area contributed by atoms with Crippen LogP contribution in [-0.2, 0) is 4.79 Å². The van der Waals surface area contributed by atoms with E-state index in [1.807, 2.05) is 6.92 Å². The minimum Gasteiger partial charge on any atom is -0.482 e. The summed E-state index contributed by atoms with van der Waals surface area (Å²) in [6, 6.07) is 3.25. The van der Waals surface area contributed by atoms with Crippen LogP contribution in [0.25, 0.3) is 0 Å². The van der Waals surface area contributed by atoms with Crippen molar-refractivity contribution in [2.75, 3.05) is 13.2 Å². The molecule has 0 aliphatic carbocycles. The number of carbonyl (C=O) groups is 1. The molecule has 1 rings (SSSR count). The van der Waals surface area contributed by atoms with Gasteiger partial charge in [0, 0.05) is 6.20 Å². The summed E-state index contributed by atoms with van der Waals surface area (Å²) in [6.45, 7) is 1.76. The minimum atomic E-state index is -0.246. The molecule has 1 amide bonds. The van der Waals surface area contributed by atoms with Crippen LogP contribution in [0.5, 0.6) is 5.75 Å². The van der Waals surface area contributed by atoms with E-state index in [1.54, 1.807) is 18.3 Å². The molecule has 0 saturated heterocycles. The zero-order valence-electron chi connectivity index (χ0n) is 9.22. The molecule has 1 heterocycles. The molecule has 1 aromatic rings. The van der Waals surface area contributed by atoms with Gasteiger partial charge in [-0.15, -0.1) is 0 Å². The maximum Gasteiger partial charge on any atom is 0.258 e. The molecule has 2 N–H and O–H groups in total. The van der Waals surface area contributed by atoms with E-state index in [4.69, 9.17) is 9.84 Å². The fourth-order valence-electron chi connectivity index (χ4n) is 1.13. The van der Waals surface area contributed by atoms with Crippen LogP contribution in [0.2, 0.25) is 0 Å². The van der Waals surface area contributed by atoms with Gasteiger partial charge in [-0.3, -0.25) is 9.78 Å². The van der Waals surface area contributed by atoms with Crippen LogP contribution in [-0.4, -0.2) is 35.3 Å². The predicted octanol–water partition coefficient (Wildman–Crippen LogP) is 0.347. The molecule has 0 aliphatic heterocycles. The van der Waals surface area contributed by atoms with Crippen LogP contribution in [0.15, 0.2) is 24.5 Å². The van der Waals surface area contributed by atoms with Gasteiger partial charge in [0.05, 0.1) is 18.8 Å². The van der Waals surface area contributed by atoms with Gasteiger partial charge in [0.1, 0.15) is 5.75 Å². The lowest BCUT2D eigenvalue weighted by atomic mass is 10.2. The molecule has 5 nitrogen and oxygen atoms in total. The van der Waals surface area contributed by atoms with Crippen molar-refractivity contribution in [1.82, 2.24) is 10.3 Å². The lowest BCUT2D eigenvalue weighted by molar-refractivity contribution is -0.124. The van der Waals surface area contributed by atoms with Gasteiger partial charge in [-0.1, -0.05) is 6.92 Å². The predicted molar refractivity (Wildman–Crippen MR) is 59.0 cm³/mol. The Kier molecular flexibility index (Phi) is 5.28. The second-order valence-corrected chi connectivity index (χ2v) is 3.33. The Hall–Kier alpha value is -1.62. The number of hydrogen-bond donors (Lipinski definition) is 2. The van der Waals surface area contributed by atoms with E-state index in [2.05, 4.69) is 10.3 Å². The van der Waals surface area contributed by atoms with E-state index >= 15 is 0 Å². The highest BCUT2D eigenvalue weighted by molar-refractivity contribution is 5.77. The first-order valence-electron chi connectivity index (χ1n) is 5.19. The molecule has 0 fully saturated rings. The van der Waals surface area contributed by atoms with Gasteiger partial charge in [0.15, 0.2) is 6.61 Å². The average molecular weight is 224 g/mol. The van der Waals surface area contributed by atoms with Crippen molar-refractivity contribution in [3.63, 3.8) is 0 Å². The van der Waals surface area contributed by atoms with Crippen LogP contribution < -0.4 is 10.1 Å². The number of aliphatic hydroxyl groups is 1. The normalized spacial score (nSPS) is 11.9. The van der Waals surface area contributed by atoms with Crippen LogP contribution in [0.3, 0.4) is 0 Å². The highest BCUT2D eigenvalue weighted by atomic mass is 16.5. The number of nitrogens with zero attached hydrogens (tertiary/aromatic N) is 1. The monoisotopic (exact) mass is 224 g/mol. The van der Waals surface area contributed by atoms with Gasteiger partial charge in [-0.2, -0.15) is 0 Å². The fraction of sp³-hybridized carbons (Fsp3) is 0.455. The van der Waals surface area contributed by atoms with Gasteiger partial charge >= 0.3 is 0 Å². The molecule has 0 bridgehead atoms. The molecule has 0 spiro atoms. The Morgan fingerprint density at radius 2 is 2.50 bits per heavy atom. The second-order valence-electron chi connectivity index (χ2n) is 3.33.